The quantitative estimate of drug-likeness (QED) is 0.693. The minimum absolute atomic E-state index is 0.104. The van der Waals surface area contributed by atoms with Crippen LogP contribution in [0.4, 0.5) is 10.1 Å². The minimum Gasteiger partial charge on any atom is -0.497 e. The Morgan fingerprint density at radius 3 is 2.62 bits per heavy atom. The second kappa shape index (κ2) is 7.35. The van der Waals surface area contributed by atoms with Crippen LogP contribution in [0.5, 0.6) is 5.75 Å². The molecule has 0 spiro atoms. The molecule has 136 valence electrons. The molecule has 1 aromatic heterocycles. The van der Waals surface area contributed by atoms with E-state index in [4.69, 9.17) is 16.3 Å². The Morgan fingerprint density at radius 2 is 1.96 bits per heavy atom. The fraction of sp³-hybridized carbons (Fsp3) is 0.118. The van der Waals surface area contributed by atoms with Gasteiger partial charge in [-0.1, -0.05) is 17.7 Å². The molecule has 3 rings (SSSR count). The molecule has 0 amide bonds. The molecule has 0 fully saturated rings. The molecule has 0 aliphatic rings. The summed E-state index contributed by atoms with van der Waals surface area (Å²) in [6, 6.07) is 10.1. The third-order valence-corrected chi connectivity index (χ3v) is 5.35. The van der Waals surface area contributed by atoms with Crippen LogP contribution in [0.15, 0.2) is 59.8 Å². The molecule has 0 saturated heterocycles. The summed E-state index contributed by atoms with van der Waals surface area (Å²) in [5.74, 6) is 0.139. The van der Waals surface area contributed by atoms with Crippen LogP contribution in [0, 0.1) is 5.82 Å². The number of methoxy groups -OCH3 is 1. The third kappa shape index (κ3) is 4.14. The molecular formula is C17H15ClFN3O3S. The van der Waals surface area contributed by atoms with Gasteiger partial charge in [0, 0.05) is 11.2 Å². The van der Waals surface area contributed by atoms with Crippen LogP contribution >= 0.6 is 11.6 Å². The summed E-state index contributed by atoms with van der Waals surface area (Å²) in [6.45, 7) is 0.281. The number of ether oxygens (including phenoxy) is 1. The molecule has 1 N–H and O–H groups in total. The van der Waals surface area contributed by atoms with Crippen molar-refractivity contribution in [2.45, 2.75) is 11.4 Å². The molecule has 0 radical (unpaired) electrons. The summed E-state index contributed by atoms with van der Waals surface area (Å²) in [5.41, 5.74) is 0.972. The molecule has 26 heavy (non-hydrogen) atoms. The van der Waals surface area contributed by atoms with Crippen molar-refractivity contribution in [1.29, 1.82) is 0 Å². The molecular weight excluding hydrogens is 381 g/mol. The van der Waals surface area contributed by atoms with Gasteiger partial charge in [0.1, 0.15) is 11.6 Å². The van der Waals surface area contributed by atoms with Crippen LogP contribution < -0.4 is 9.46 Å². The maximum atomic E-state index is 13.1. The number of rotatable bonds is 6. The molecule has 6 nitrogen and oxygen atoms in total. The molecule has 0 saturated carbocycles. The molecule has 0 aliphatic heterocycles. The maximum Gasteiger partial charge on any atom is 0.261 e. The molecule has 1 heterocycles. The number of anilines is 1. The predicted molar refractivity (Wildman–Crippen MR) is 96.5 cm³/mol. The van der Waals surface area contributed by atoms with E-state index in [9.17, 15) is 12.8 Å². The Bertz CT molecular complexity index is 1020. The monoisotopic (exact) mass is 395 g/mol. The number of sulfonamides is 1. The van der Waals surface area contributed by atoms with E-state index in [0.29, 0.717) is 17.0 Å². The van der Waals surface area contributed by atoms with Gasteiger partial charge in [0.2, 0.25) is 0 Å². The van der Waals surface area contributed by atoms with E-state index < -0.39 is 15.8 Å². The molecule has 3 aromatic rings. The van der Waals surface area contributed by atoms with Crippen molar-refractivity contribution in [2.75, 3.05) is 11.8 Å². The normalized spacial score (nSPS) is 11.3. The summed E-state index contributed by atoms with van der Waals surface area (Å²) in [6.07, 6.45) is 2.92. The van der Waals surface area contributed by atoms with Crippen molar-refractivity contribution < 1.29 is 17.5 Å². The first-order chi connectivity index (χ1) is 12.4. The first-order valence-corrected chi connectivity index (χ1v) is 9.37. The zero-order valence-corrected chi connectivity index (χ0v) is 15.3. The molecule has 0 unspecified atom stereocenters. The van der Waals surface area contributed by atoms with E-state index in [1.165, 1.54) is 48.5 Å². The highest BCUT2D eigenvalue weighted by Gasteiger charge is 2.15. The van der Waals surface area contributed by atoms with E-state index in [-0.39, 0.29) is 16.5 Å². The molecule has 9 heteroatoms. The summed E-state index contributed by atoms with van der Waals surface area (Å²) in [5, 5.41) is 4.38. The van der Waals surface area contributed by atoms with Crippen molar-refractivity contribution in [3.63, 3.8) is 0 Å². The Morgan fingerprint density at radius 1 is 1.23 bits per heavy atom. The highest BCUT2D eigenvalue weighted by Crippen LogP contribution is 2.21. The fourth-order valence-corrected chi connectivity index (χ4v) is 3.55. The van der Waals surface area contributed by atoms with Crippen molar-refractivity contribution in [3.05, 3.63) is 71.3 Å². The highest BCUT2D eigenvalue weighted by molar-refractivity contribution is 7.92. The van der Waals surface area contributed by atoms with E-state index >= 15 is 0 Å². The van der Waals surface area contributed by atoms with Gasteiger partial charge in [-0.15, -0.1) is 0 Å². The predicted octanol–water partition coefficient (Wildman–Crippen LogP) is 3.53. The fourth-order valence-electron chi connectivity index (χ4n) is 2.30. The summed E-state index contributed by atoms with van der Waals surface area (Å²) < 4.78 is 46.9. The van der Waals surface area contributed by atoms with E-state index in [0.717, 1.165) is 0 Å². The zero-order chi connectivity index (χ0) is 18.7. The summed E-state index contributed by atoms with van der Waals surface area (Å²) in [7, 11) is -2.24. The van der Waals surface area contributed by atoms with E-state index in [2.05, 4.69) is 9.82 Å². The van der Waals surface area contributed by atoms with Crippen molar-refractivity contribution in [3.8, 4) is 5.75 Å². The van der Waals surface area contributed by atoms with Crippen LogP contribution in [-0.2, 0) is 16.6 Å². The number of benzene rings is 2. The lowest BCUT2D eigenvalue weighted by Crippen LogP contribution is -2.12. The number of hydrogen-bond donors (Lipinski definition) is 1. The lowest BCUT2D eigenvalue weighted by molar-refractivity contribution is 0.414. The maximum absolute atomic E-state index is 13.1. The second-order valence-electron chi connectivity index (χ2n) is 5.44. The largest absolute Gasteiger partial charge is 0.497 e. The van der Waals surface area contributed by atoms with E-state index in [1.54, 1.807) is 18.2 Å². The Labute approximate surface area is 155 Å². The number of nitrogens with zero attached hydrogens (tertiary/aromatic N) is 2. The van der Waals surface area contributed by atoms with Gasteiger partial charge in [-0.05, 0) is 42.0 Å². The Hall–Kier alpha value is -2.58. The third-order valence-electron chi connectivity index (χ3n) is 3.60. The van der Waals surface area contributed by atoms with Crippen LogP contribution in [0.1, 0.15) is 5.56 Å². The first kappa shape index (κ1) is 18.2. The van der Waals surface area contributed by atoms with Gasteiger partial charge in [0.15, 0.2) is 0 Å². The van der Waals surface area contributed by atoms with Crippen LogP contribution in [0.25, 0.3) is 0 Å². The molecule has 0 bridgehead atoms. The SMILES string of the molecule is COc1ccc(S(=O)(=O)Nc2cnn(Cc3ccc(F)cc3Cl)c2)cc1. The van der Waals surface area contributed by atoms with Crippen molar-refractivity contribution in [2.24, 2.45) is 0 Å². The molecule has 0 atom stereocenters. The number of halogens is 2. The smallest absolute Gasteiger partial charge is 0.261 e. The zero-order valence-electron chi connectivity index (χ0n) is 13.7. The van der Waals surface area contributed by atoms with Gasteiger partial charge >= 0.3 is 0 Å². The standard InChI is InChI=1S/C17H15ClFN3O3S/c1-25-15-4-6-16(7-5-15)26(23,24)21-14-9-20-22(11-14)10-12-2-3-13(19)8-17(12)18/h2-9,11,21H,10H2,1H3. The van der Waals surface area contributed by atoms with Crippen molar-refractivity contribution >= 4 is 27.3 Å². The molecule has 0 aliphatic carbocycles. The average Bonchev–Trinajstić information content (AvgIpc) is 3.04. The van der Waals surface area contributed by atoms with Gasteiger partial charge in [-0.3, -0.25) is 9.40 Å². The van der Waals surface area contributed by atoms with Gasteiger partial charge in [0.05, 0.1) is 30.4 Å². The summed E-state index contributed by atoms with van der Waals surface area (Å²) >= 11 is 5.99. The topological polar surface area (TPSA) is 73.2 Å². The van der Waals surface area contributed by atoms with E-state index in [1.807, 2.05) is 0 Å². The van der Waals surface area contributed by atoms with Crippen LogP contribution in [-0.4, -0.2) is 25.3 Å². The van der Waals surface area contributed by atoms with Gasteiger partial charge in [0.25, 0.3) is 10.0 Å². The van der Waals surface area contributed by atoms with Crippen LogP contribution in [0.2, 0.25) is 5.02 Å². The Kier molecular flexibility index (Phi) is 5.15. The average molecular weight is 396 g/mol. The van der Waals surface area contributed by atoms with Gasteiger partial charge in [-0.25, -0.2) is 12.8 Å². The minimum atomic E-state index is -3.75. The Balaban J connectivity index is 1.74. The second-order valence-corrected chi connectivity index (χ2v) is 7.53. The summed E-state index contributed by atoms with van der Waals surface area (Å²) in [4.78, 5) is 0.104. The number of nitrogens with one attached hydrogen (secondary N) is 1. The van der Waals surface area contributed by atoms with Crippen molar-refractivity contribution in [1.82, 2.24) is 9.78 Å². The lowest BCUT2D eigenvalue weighted by Gasteiger charge is -2.07. The van der Waals surface area contributed by atoms with Crippen LogP contribution in [0.3, 0.4) is 0 Å². The first-order valence-electron chi connectivity index (χ1n) is 7.50. The number of aromatic nitrogens is 2. The van der Waals surface area contributed by atoms with Gasteiger partial charge in [-0.2, -0.15) is 5.10 Å². The molecule has 2 aromatic carbocycles. The highest BCUT2D eigenvalue weighted by atomic mass is 35.5. The van der Waals surface area contributed by atoms with Gasteiger partial charge < -0.3 is 4.74 Å². The number of hydrogen-bond acceptors (Lipinski definition) is 4. The lowest BCUT2D eigenvalue weighted by atomic mass is 10.2.